The number of hydrogen-bond donors (Lipinski definition) is 2. The molecule has 0 heterocycles. The number of nitriles is 1. The third-order valence-corrected chi connectivity index (χ3v) is 4.51. The highest BCUT2D eigenvalue weighted by molar-refractivity contribution is 7.89. The molecule has 0 saturated heterocycles. The van der Waals surface area contributed by atoms with Crippen molar-refractivity contribution in [1.82, 2.24) is 4.72 Å². The number of aliphatic carboxylic acids is 1. The Kier molecular flexibility index (Phi) is 5.25. The number of carboxylic acids is 1. The lowest BCUT2D eigenvalue weighted by Gasteiger charge is -2.16. The van der Waals surface area contributed by atoms with Gasteiger partial charge in [-0.15, -0.1) is 0 Å². The second-order valence-corrected chi connectivity index (χ2v) is 6.10. The van der Waals surface area contributed by atoms with E-state index in [1.807, 2.05) is 6.07 Å². The SMILES string of the molecule is CCC(CC(=O)O)NS(=O)(=O)c1ccc(C#N)cc1C. The summed E-state index contributed by atoms with van der Waals surface area (Å²) in [5.41, 5.74) is 0.820. The van der Waals surface area contributed by atoms with Crippen molar-refractivity contribution in [1.29, 1.82) is 5.26 Å². The summed E-state index contributed by atoms with van der Waals surface area (Å²) in [5.74, 6) is -1.06. The van der Waals surface area contributed by atoms with Crippen molar-refractivity contribution in [2.45, 2.75) is 37.6 Å². The van der Waals surface area contributed by atoms with Crippen LogP contribution in [0.1, 0.15) is 30.9 Å². The van der Waals surface area contributed by atoms with E-state index in [0.717, 1.165) is 0 Å². The summed E-state index contributed by atoms with van der Waals surface area (Å²) >= 11 is 0. The fraction of sp³-hybridized carbons (Fsp3) is 0.385. The zero-order chi connectivity index (χ0) is 15.3. The lowest BCUT2D eigenvalue weighted by atomic mass is 10.2. The van der Waals surface area contributed by atoms with E-state index in [-0.39, 0.29) is 11.3 Å². The number of aryl methyl sites for hydroxylation is 1. The standard InChI is InChI=1S/C13H16N2O4S/c1-3-11(7-13(16)17)15-20(18,19)12-5-4-10(8-14)6-9(12)2/h4-6,11,15H,3,7H2,1-2H3,(H,16,17). The summed E-state index contributed by atoms with van der Waals surface area (Å²) in [6.45, 7) is 3.30. The minimum absolute atomic E-state index is 0.0559. The van der Waals surface area contributed by atoms with Gasteiger partial charge >= 0.3 is 5.97 Å². The molecule has 0 aromatic heterocycles. The molecular weight excluding hydrogens is 280 g/mol. The zero-order valence-corrected chi connectivity index (χ0v) is 12.1. The van der Waals surface area contributed by atoms with Gasteiger partial charge in [0.25, 0.3) is 0 Å². The van der Waals surface area contributed by atoms with Gasteiger partial charge in [0.2, 0.25) is 10.0 Å². The summed E-state index contributed by atoms with van der Waals surface area (Å²) in [5, 5.41) is 17.5. The van der Waals surface area contributed by atoms with Gasteiger partial charge in [-0.25, -0.2) is 13.1 Å². The number of hydrogen-bond acceptors (Lipinski definition) is 4. The van der Waals surface area contributed by atoms with Crippen molar-refractivity contribution in [3.63, 3.8) is 0 Å². The molecule has 1 rings (SSSR count). The van der Waals surface area contributed by atoms with Crippen LogP contribution in [-0.2, 0) is 14.8 Å². The van der Waals surface area contributed by atoms with Crippen LogP contribution in [0.2, 0.25) is 0 Å². The number of benzene rings is 1. The first kappa shape index (κ1) is 16.1. The zero-order valence-electron chi connectivity index (χ0n) is 11.3. The normalized spacial score (nSPS) is 12.7. The van der Waals surface area contributed by atoms with E-state index in [9.17, 15) is 13.2 Å². The number of sulfonamides is 1. The maximum atomic E-state index is 12.2. The highest BCUT2D eigenvalue weighted by atomic mass is 32.2. The number of nitrogens with zero attached hydrogens (tertiary/aromatic N) is 1. The molecule has 0 radical (unpaired) electrons. The third kappa shape index (κ3) is 4.05. The fourth-order valence-electron chi connectivity index (χ4n) is 1.78. The summed E-state index contributed by atoms with van der Waals surface area (Å²) < 4.78 is 26.8. The molecule has 108 valence electrons. The van der Waals surface area contributed by atoms with Crippen LogP contribution < -0.4 is 4.72 Å². The summed E-state index contributed by atoms with van der Waals surface area (Å²) in [7, 11) is -3.80. The molecule has 1 aromatic rings. The Balaban J connectivity index is 3.05. The topological polar surface area (TPSA) is 107 Å². The Labute approximate surface area is 118 Å². The van der Waals surface area contributed by atoms with Crippen molar-refractivity contribution in [3.8, 4) is 6.07 Å². The van der Waals surface area contributed by atoms with Crippen LogP contribution >= 0.6 is 0 Å². The van der Waals surface area contributed by atoms with Gasteiger partial charge in [0.05, 0.1) is 22.9 Å². The molecule has 0 fully saturated rings. The Morgan fingerprint density at radius 3 is 2.60 bits per heavy atom. The van der Waals surface area contributed by atoms with E-state index in [1.165, 1.54) is 18.2 Å². The van der Waals surface area contributed by atoms with Gasteiger partial charge in [-0.2, -0.15) is 5.26 Å². The summed E-state index contributed by atoms with van der Waals surface area (Å²) in [4.78, 5) is 10.7. The Morgan fingerprint density at radius 2 is 2.15 bits per heavy atom. The van der Waals surface area contributed by atoms with Gasteiger partial charge in [0.15, 0.2) is 0 Å². The van der Waals surface area contributed by atoms with Crippen molar-refractivity contribution in [2.24, 2.45) is 0 Å². The number of nitrogens with one attached hydrogen (secondary N) is 1. The first-order chi connectivity index (χ1) is 9.30. The van der Waals surface area contributed by atoms with Gasteiger partial charge in [0.1, 0.15) is 0 Å². The van der Waals surface area contributed by atoms with E-state index in [4.69, 9.17) is 10.4 Å². The fourth-order valence-corrected chi connectivity index (χ4v) is 3.33. The van der Waals surface area contributed by atoms with Crippen LogP contribution in [0, 0.1) is 18.3 Å². The minimum Gasteiger partial charge on any atom is -0.481 e. The first-order valence-corrected chi connectivity index (χ1v) is 7.53. The lowest BCUT2D eigenvalue weighted by molar-refractivity contribution is -0.137. The minimum atomic E-state index is -3.80. The van der Waals surface area contributed by atoms with Gasteiger partial charge in [-0.3, -0.25) is 4.79 Å². The molecule has 1 unspecified atom stereocenters. The van der Waals surface area contributed by atoms with Crippen LogP contribution in [0.4, 0.5) is 0 Å². The maximum absolute atomic E-state index is 12.2. The summed E-state index contributed by atoms with van der Waals surface area (Å²) in [6, 6.07) is 5.52. The van der Waals surface area contributed by atoms with Gasteiger partial charge in [-0.05, 0) is 37.1 Å². The van der Waals surface area contributed by atoms with Crippen LogP contribution in [0.3, 0.4) is 0 Å². The molecule has 0 amide bonds. The third-order valence-electron chi connectivity index (χ3n) is 2.83. The maximum Gasteiger partial charge on any atom is 0.304 e. The smallest absolute Gasteiger partial charge is 0.304 e. The van der Waals surface area contributed by atoms with Crippen molar-refractivity contribution in [3.05, 3.63) is 29.3 Å². The van der Waals surface area contributed by atoms with E-state index in [0.29, 0.717) is 17.5 Å². The molecule has 1 aromatic carbocycles. The highest BCUT2D eigenvalue weighted by Crippen LogP contribution is 2.17. The Hall–Kier alpha value is -1.91. The molecule has 6 nitrogen and oxygen atoms in total. The first-order valence-electron chi connectivity index (χ1n) is 6.05. The molecule has 0 aliphatic carbocycles. The molecule has 20 heavy (non-hydrogen) atoms. The molecule has 1 atom stereocenters. The lowest BCUT2D eigenvalue weighted by Crippen LogP contribution is -2.36. The van der Waals surface area contributed by atoms with Crippen LogP contribution in [0.5, 0.6) is 0 Å². The second-order valence-electron chi connectivity index (χ2n) is 4.42. The highest BCUT2D eigenvalue weighted by Gasteiger charge is 2.22. The molecule has 2 N–H and O–H groups in total. The van der Waals surface area contributed by atoms with Crippen molar-refractivity contribution >= 4 is 16.0 Å². The summed E-state index contributed by atoms with van der Waals surface area (Å²) in [6.07, 6.45) is 0.103. The quantitative estimate of drug-likeness (QED) is 0.825. The van der Waals surface area contributed by atoms with Crippen LogP contribution in [-0.4, -0.2) is 25.5 Å². The number of carboxylic acid groups (broad SMARTS) is 1. The Bertz CT molecular complexity index is 647. The van der Waals surface area contributed by atoms with E-state index in [1.54, 1.807) is 13.8 Å². The molecular formula is C13H16N2O4S. The second kappa shape index (κ2) is 6.50. The molecule has 7 heteroatoms. The molecule has 0 spiro atoms. The Morgan fingerprint density at radius 1 is 1.50 bits per heavy atom. The van der Waals surface area contributed by atoms with Crippen molar-refractivity contribution < 1.29 is 18.3 Å². The predicted octanol–water partition coefficient (Wildman–Crippen LogP) is 1.40. The average Bonchev–Trinajstić information content (AvgIpc) is 2.36. The van der Waals surface area contributed by atoms with Crippen molar-refractivity contribution in [2.75, 3.05) is 0 Å². The number of carbonyl (C=O) groups is 1. The number of rotatable bonds is 6. The largest absolute Gasteiger partial charge is 0.481 e. The predicted molar refractivity (Wildman–Crippen MR) is 72.5 cm³/mol. The molecule has 0 bridgehead atoms. The molecule has 0 saturated carbocycles. The van der Waals surface area contributed by atoms with Gasteiger partial charge < -0.3 is 5.11 Å². The monoisotopic (exact) mass is 296 g/mol. The van der Waals surface area contributed by atoms with Crippen LogP contribution in [0.25, 0.3) is 0 Å². The molecule has 0 aliphatic rings. The van der Waals surface area contributed by atoms with E-state index < -0.39 is 22.0 Å². The van der Waals surface area contributed by atoms with Gasteiger partial charge in [-0.1, -0.05) is 6.92 Å². The van der Waals surface area contributed by atoms with Gasteiger partial charge in [0, 0.05) is 6.04 Å². The van der Waals surface area contributed by atoms with E-state index in [2.05, 4.69) is 4.72 Å². The van der Waals surface area contributed by atoms with Crippen LogP contribution in [0.15, 0.2) is 23.1 Å². The van der Waals surface area contributed by atoms with E-state index >= 15 is 0 Å². The average molecular weight is 296 g/mol. The molecule has 0 aliphatic heterocycles.